The zero-order valence-electron chi connectivity index (χ0n) is 14.5. The van der Waals surface area contributed by atoms with Crippen LogP contribution in [0.1, 0.15) is 21.6 Å². The van der Waals surface area contributed by atoms with E-state index in [1.807, 2.05) is 38.1 Å². The zero-order valence-corrected chi connectivity index (χ0v) is 15.4. The predicted octanol–water partition coefficient (Wildman–Crippen LogP) is 5.39. The number of nitrogens with one attached hydrogen (secondary N) is 1. The second-order valence-corrected chi connectivity index (χ2v) is 7.23. The fourth-order valence-electron chi connectivity index (χ4n) is 2.43. The lowest BCUT2D eigenvalue weighted by Crippen LogP contribution is -2.07. The van der Waals surface area contributed by atoms with Gasteiger partial charge in [-0.05, 0) is 32.4 Å². The lowest BCUT2D eigenvalue weighted by Gasteiger charge is -1.99. The van der Waals surface area contributed by atoms with E-state index in [1.165, 1.54) is 28.5 Å². The first-order valence-electron chi connectivity index (χ1n) is 8.11. The maximum Gasteiger partial charge on any atom is 0.250 e. The van der Waals surface area contributed by atoms with Crippen molar-refractivity contribution in [3.63, 3.8) is 0 Å². The van der Waals surface area contributed by atoms with Crippen LogP contribution in [-0.4, -0.2) is 10.9 Å². The van der Waals surface area contributed by atoms with Gasteiger partial charge in [0.15, 0.2) is 5.13 Å². The molecule has 3 aromatic rings. The predicted molar refractivity (Wildman–Crippen MR) is 106 cm³/mol. The molecule has 1 N–H and O–H groups in total. The number of aromatic nitrogens is 1. The third-order valence-electron chi connectivity index (χ3n) is 3.86. The molecule has 0 fully saturated rings. The summed E-state index contributed by atoms with van der Waals surface area (Å²) in [5.41, 5.74) is 5.39. The number of carbonyl (C=O) groups is 1. The van der Waals surface area contributed by atoms with Gasteiger partial charge in [-0.2, -0.15) is 0 Å². The first kappa shape index (κ1) is 17.1. The topological polar surface area (TPSA) is 42.0 Å². The quantitative estimate of drug-likeness (QED) is 0.643. The van der Waals surface area contributed by atoms with Crippen molar-refractivity contribution >= 4 is 28.5 Å². The van der Waals surface area contributed by atoms with Gasteiger partial charge in [0.1, 0.15) is 0 Å². The van der Waals surface area contributed by atoms with Gasteiger partial charge in [-0.1, -0.05) is 59.7 Å². The van der Waals surface area contributed by atoms with Gasteiger partial charge in [0, 0.05) is 16.5 Å². The van der Waals surface area contributed by atoms with Crippen LogP contribution in [0.15, 0.2) is 54.6 Å². The summed E-state index contributed by atoms with van der Waals surface area (Å²) in [7, 11) is 0. The Labute approximate surface area is 152 Å². The van der Waals surface area contributed by atoms with E-state index in [1.54, 1.807) is 6.08 Å². The summed E-state index contributed by atoms with van der Waals surface area (Å²) < 4.78 is 0. The molecule has 0 aliphatic carbocycles. The molecule has 0 unspecified atom stereocenters. The molecule has 0 saturated carbocycles. The van der Waals surface area contributed by atoms with Crippen LogP contribution in [0.5, 0.6) is 0 Å². The van der Waals surface area contributed by atoms with E-state index in [9.17, 15) is 4.79 Å². The van der Waals surface area contributed by atoms with E-state index < -0.39 is 0 Å². The zero-order chi connectivity index (χ0) is 17.8. The number of carbonyl (C=O) groups excluding carboxylic acids is 1. The first-order chi connectivity index (χ1) is 12.0. The molecule has 3 rings (SSSR count). The number of rotatable bonds is 4. The van der Waals surface area contributed by atoms with Crippen LogP contribution in [0.25, 0.3) is 17.3 Å². The smallest absolute Gasteiger partial charge is 0.250 e. The van der Waals surface area contributed by atoms with E-state index >= 15 is 0 Å². The minimum Gasteiger partial charge on any atom is -0.298 e. The van der Waals surface area contributed by atoms with Crippen LogP contribution >= 0.6 is 11.3 Å². The second kappa shape index (κ2) is 7.45. The normalized spacial score (nSPS) is 11.0. The molecule has 2 aromatic carbocycles. The SMILES string of the molecule is Cc1ccc(C=CC(=O)Nc2nc(-c3ccc(C)cc3)c(C)s2)cc1. The number of aryl methyl sites for hydroxylation is 3. The summed E-state index contributed by atoms with van der Waals surface area (Å²) in [6.45, 7) is 6.12. The Morgan fingerprint density at radius 1 is 0.960 bits per heavy atom. The minimum absolute atomic E-state index is 0.176. The number of anilines is 1. The van der Waals surface area contributed by atoms with Crippen LogP contribution in [0.3, 0.4) is 0 Å². The van der Waals surface area contributed by atoms with E-state index in [2.05, 4.69) is 41.5 Å². The lowest BCUT2D eigenvalue weighted by atomic mass is 10.1. The van der Waals surface area contributed by atoms with E-state index in [4.69, 9.17) is 0 Å². The minimum atomic E-state index is -0.176. The molecule has 0 aliphatic rings. The van der Waals surface area contributed by atoms with Crippen LogP contribution in [0.4, 0.5) is 5.13 Å². The van der Waals surface area contributed by atoms with Crippen molar-refractivity contribution in [1.82, 2.24) is 4.98 Å². The summed E-state index contributed by atoms with van der Waals surface area (Å²) in [5, 5.41) is 3.46. The molecule has 3 nitrogen and oxygen atoms in total. The first-order valence-corrected chi connectivity index (χ1v) is 8.93. The number of amides is 1. The monoisotopic (exact) mass is 348 g/mol. The Hall–Kier alpha value is -2.72. The number of nitrogens with zero attached hydrogens (tertiary/aromatic N) is 1. The van der Waals surface area contributed by atoms with Crippen molar-refractivity contribution in [2.24, 2.45) is 0 Å². The van der Waals surface area contributed by atoms with Crippen molar-refractivity contribution in [1.29, 1.82) is 0 Å². The van der Waals surface area contributed by atoms with Gasteiger partial charge in [-0.3, -0.25) is 10.1 Å². The maximum absolute atomic E-state index is 12.1. The molecular weight excluding hydrogens is 328 g/mol. The van der Waals surface area contributed by atoms with Crippen molar-refractivity contribution in [2.75, 3.05) is 5.32 Å². The fourth-order valence-corrected chi connectivity index (χ4v) is 3.26. The van der Waals surface area contributed by atoms with Gasteiger partial charge in [0.05, 0.1) is 5.69 Å². The van der Waals surface area contributed by atoms with Gasteiger partial charge in [0.25, 0.3) is 0 Å². The van der Waals surface area contributed by atoms with Gasteiger partial charge in [-0.15, -0.1) is 11.3 Å². The van der Waals surface area contributed by atoms with Crippen molar-refractivity contribution < 1.29 is 4.79 Å². The molecule has 1 aromatic heterocycles. The molecule has 1 amide bonds. The van der Waals surface area contributed by atoms with Crippen molar-refractivity contribution in [3.8, 4) is 11.3 Å². The van der Waals surface area contributed by atoms with E-state index in [0.717, 1.165) is 21.7 Å². The fraction of sp³-hybridized carbons (Fsp3) is 0.143. The summed E-state index contributed by atoms with van der Waals surface area (Å²) >= 11 is 1.49. The van der Waals surface area contributed by atoms with Crippen LogP contribution < -0.4 is 5.32 Å². The van der Waals surface area contributed by atoms with E-state index in [0.29, 0.717) is 5.13 Å². The highest BCUT2D eigenvalue weighted by Crippen LogP contribution is 2.30. The molecule has 0 spiro atoms. The molecule has 0 saturated heterocycles. The summed E-state index contributed by atoms with van der Waals surface area (Å²) in [4.78, 5) is 17.8. The number of benzene rings is 2. The van der Waals surface area contributed by atoms with Gasteiger partial charge >= 0.3 is 0 Å². The van der Waals surface area contributed by atoms with Crippen LogP contribution in [-0.2, 0) is 4.79 Å². The third kappa shape index (κ3) is 4.43. The standard InChI is InChI=1S/C21H20N2OS/c1-14-4-8-17(9-5-14)10-13-19(24)22-21-23-20(16(3)25-21)18-11-6-15(2)7-12-18/h4-13H,1-3H3,(H,22,23,24). The molecule has 25 heavy (non-hydrogen) atoms. The highest BCUT2D eigenvalue weighted by atomic mass is 32.1. The van der Waals surface area contributed by atoms with Gasteiger partial charge < -0.3 is 0 Å². The Balaban J connectivity index is 1.70. The Morgan fingerprint density at radius 2 is 1.56 bits per heavy atom. The summed E-state index contributed by atoms with van der Waals surface area (Å²) in [5.74, 6) is -0.176. The Kier molecular flexibility index (Phi) is 5.10. The molecule has 0 atom stereocenters. The highest BCUT2D eigenvalue weighted by molar-refractivity contribution is 7.16. The molecule has 0 aliphatic heterocycles. The number of hydrogen-bond acceptors (Lipinski definition) is 3. The summed E-state index contributed by atoms with van der Waals surface area (Å²) in [6.07, 6.45) is 3.34. The van der Waals surface area contributed by atoms with Crippen LogP contribution in [0, 0.1) is 20.8 Å². The number of hydrogen-bond donors (Lipinski definition) is 1. The summed E-state index contributed by atoms with van der Waals surface area (Å²) in [6, 6.07) is 16.3. The Bertz CT molecular complexity index is 906. The molecule has 0 bridgehead atoms. The molecule has 0 radical (unpaired) electrons. The average molecular weight is 348 g/mol. The van der Waals surface area contributed by atoms with Crippen molar-refractivity contribution in [3.05, 3.63) is 76.2 Å². The third-order valence-corrected chi connectivity index (χ3v) is 4.74. The Morgan fingerprint density at radius 3 is 2.20 bits per heavy atom. The number of thiazole rings is 1. The maximum atomic E-state index is 12.1. The van der Waals surface area contributed by atoms with Crippen molar-refractivity contribution in [2.45, 2.75) is 20.8 Å². The van der Waals surface area contributed by atoms with Gasteiger partial charge in [-0.25, -0.2) is 4.98 Å². The molecule has 126 valence electrons. The van der Waals surface area contributed by atoms with E-state index in [-0.39, 0.29) is 5.91 Å². The second-order valence-electron chi connectivity index (χ2n) is 6.02. The van der Waals surface area contributed by atoms with Gasteiger partial charge in [0.2, 0.25) is 5.91 Å². The molecule has 4 heteroatoms. The van der Waals surface area contributed by atoms with Crippen LogP contribution in [0.2, 0.25) is 0 Å². The lowest BCUT2D eigenvalue weighted by molar-refractivity contribution is -0.111. The molecular formula is C21H20N2OS. The molecule has 1 heterocycles. The highest BCUT2D eigenvalue weighted by Gasteiger charge is 2.11. The average Bonchev–Trinajstić information content (AvgIpc) is 2.95. The largest absolute Gasteiger partial charge is 0.298 e.